The van der Waals surface area contributed by atoms with Crippen molar-refractivity contribution in [1.29, 1.82) is 0 Å². The highest BCUT2D eigenvalue weighted by molar-refractivity contribution is 6.30. The van der Waals surface area contributed by atoms with Crippen LogP contribution in [-0.2, 0) is 30.8 Å². The molecule has 1 saturated heterocycles. The van der Waals surface area contributed by atoms with Crippen molar-refractivity contribution in [3.05, 3.63) is 93.8 Å². The summed E-state index contributed by atoms with van der Waals surface area (Å²) in [6.07, 6.45) is 3.25. The van der Waals surface area contributed by atoms with E-state index in [0.717, 1.165) is 74.1 Å². The first kappa shape index (κ1) is 29.4. The quantitative estimate of drug-likeness (QED) is 0.327. The fourth-order valence-corrected chi connectivity index (χ4v) is 6.42. The number of rotatable bonds is 10. The van der Waals surface area contributed by atoms with Crippen molar-refractivity contribution in [2.45, 2.75) is 51.4 Å². The predicted octanol–water partition coefficient (Wildman–Crippen LogP) is 5.84. The Kier molecular flexibility index (Phi) is 9.80. The molecule has 1 N–H and O–H groups in total. The lowest BCUT2D eigenvalue weighted by molar-refractivity contribution is -0.121. The average molecular weight is 580 g/mol. The monoisotopic (exact) mass is 579 g/mol. The molecule has 218 valence electrons. The van der Waals surface area contributed by atoms with Crippen molar-refractivity contribution in [3.8, 4) is 11.5 Å². The molecule has 0 radical (unpaired) electrons. The van der Waals surface area contributed by atoms with Crippen LogP contribution in [0.5, 0.6) is 11.5 Å². The number of benzene rings is 3. The number of nitrogens with one attached hydrogen (secondary N) is 1. The van der Waals surface area contributed by atoms with E-state index in [0.29, 0.717) is 24.9 Å². The highest BCUT2D eigenvalue weighted by atomic mass is 35.5. The van der Waals surface area contributed by atoms with Gasteiger partial charge in [-0.05, 0) is 90.4 Å². The molecular formula is C33H39ClFN3O3. The van der Waals surface area contributed by atoms with Crippen LogP contribution in [0.3, 0.4) is 0 Å². The van der Waals surface area contributed by atoms with Crippen LogP contribution in [0.2, 0.25) is 5.02 Å². The molecule has 2 aliphatic heterocycles. The van der Waals surface area contributed by atoms with E-state index in [1.165, 1.54) is 28.8 Å². The fourth-order valence-electron chi connectivity index (χ4n) is 6.29. The Morgan fingerprint density at radius 2 is 1.76 bits per heavy atom. The summed E-state index contributed by atoms with van der Waals surface area (Å²) in [5.74, 6) is 1.60. The molecule has 5 rings (SSSR count). The maximum Gasteiger partial charge on any atom is 0.220 e. The second-order valence-corrected chi connectivity index (χ2v) is 11.6. The molecule has 2 atom stereocenters. The molecule has 0 bridgehead atoms. The van der Waals surface area contributed by atoms with E-state index < -0.39 is 0 Å². The number of piperidine rings is 1. The Morgan fingerprint density at radius 1 is 1.00 bits per heavy atom. The van der Waals surface area contributed by atoms with Gasteiger partial charge in [-0.25, -0.2) is 4.39 Å². The van der Waals surface area contributed by atoms with E-state index >= 15 is 0 Å². The molecule has 0 aromatic heterocycles. The van der Waals surface area contributed by atoms with Crippen LogP contribution in [0, 0.1) is 11.7 Å². The number of hydrogen-bond donors (Lipinski definition) is 1. The average Bonchev–Trinajstić information content (AvgIpc) is 2.99. The first-order valence-electron chi connectivity index (χ1n) is 14.4. The van der Waals surface area contributed by atoms with E-state index in [2.05, 4.69) is 39.4 Å². The minimum atomic E-state index is -0.290. The van der Waals surface area contributed by atoms with Gasteiger partial charge in [-0.2, -0.15) is 0 Å². The van der Waals surface area contributed by atoms with E-state index in [4.69, 9.17) is 21.1 Å². The minimum Gasteiger partial charge on any atom is -0.493 e. The van der Waals surface area contributed by atoms with Gasteiger partial charge in [0.15, 0.2) is 11.5 Å². The molecule has 0 saturated carbocycles. The summed E-state index contributed by atoms with van der Waals surface area (Å²) in [6, 6.07) is 19.0. The van der Waals surface area contributed by atoms with E-state index in [1.807, 2.05) is 18.2 Å². The van der Waals surface area contributed by atoms with E-state index in [9.17, 15) is 9.18 Å². The summed E-state index contributed by atoms with van der Waals surface area (Å²) in [6.45, 7) is 4.98. The molecule has 3 aromatic carbocycles. The molecule has 0 spiro atoms. The van der Waals surface area contributed by atoms with Gasteiger partial charge in [-0.1, -0.05) is 35.9 Å². The highest BCUT2D eigenvalue weighted by Gasteiger charge is 2.35. The zero-order valence-electron chi connectivity index (χ0n) is 23.9. The molecule has 3 aromatic rings. The first-order chi connectivity index (χ1) is 19.9. The second-order valence-electron chi connectivity index (χ2n) is 11.1. The number of fused-ring (bicyclic) bond motifs is 1. The lowest BCUT2D eigenvalue weighted by Gasteiger charge is -2.45. The Hall–Kier alpha value is -3.13. The van der Waals surface area contributed by atoms with Gasteiger partial charge in [0.25, 0.3) is 0 Å². The Morgan fingerprint density at radius 3 is 2.49 bits per heavy atom. The normalized spacial score (nSPS) is 19.4. The van der Waals surface area contributed by atoms with Crippen LogP contribution in [0.15, 0.2) is 60.7 Å². The Balaban J connectivity index is 1.26. The highest BCUT2D eigenvalue weighted by Crippen LogP contribution is 2.36. The fraction of sp³-hybridized carbons (Fsp3) is 0.424. The lowest BCUT2D eigenvalue weighted by Crippen LogP contribution is -2.52. The van der Waals surface area contributed by atoms with Crippen molar-refractivity contribution in [3.63, 3.8) is 0 Å². The van der Waals surface area contributed by atoms with Gasteiger partial charge >= 0.3 is 0 Å². The first-order valence-corrected chi connectivity index (χ1v) is 14.8. The number of amides is 1. The number of nitrogens with zero attached hydrogens (tertiary/aromatic N) is 2. The zero-order valence-corrected chi connectivity index (χ0v) is 24.6. The molecule has 41 heavy (non-hydrogen) atoms. The van der Waals surface area contributed by atoms with Crippen LogP contribution in [-0.4, -0.2) is 55.6 Å². The molecule has 2 heterocycles. The van der Waals surface area contributed by atoms with Crippen molar-refractivity contribution in [1.82, 2.24) is 15.1 Å². The molecule has 1 amide bonds. The number of likely N-dealkylation sites (tertiary alicyclic amines) is 1. The lowest BCUT2D eigenvalue weighted by atomic mass is 9.85. The van der Waals surface area contributed by atoms with Gasteiger partial charge in [0.2, 0.25) is 5.91 Å². The Bertz CT molecular complexity index is 1340. The number of ether oxygens (including phenoxy) is 2. The van der Waals surface area contributed by atoms with Gasteiger partial charge in [0.05, 0.1) is 14.2 Å². The van der Waals surface area contributed by atoms with Crippen molar-refractivity contribution in [2.75, 3.05) is 33.9 Å². The number of carbonyl (C=O) groups is 1. The number of halogens is 2. The van der Waals surface area contributed by atoms with Crippen LogP contribution in [0.1, 0.15) is 41.5 Å². The van der Waals surface area contributed by atoms with Gasteiger partial charge in [0, 0.05) is 50.2 Å². The molecule has 0 unspecified atom stereocenters. The van der Waals surface area contributed by atoms with Crippen molar-refractivity contribution < 1.29 is 18.7 Å². The largest absolute Gasteiger partial charge is 0.493 e. The Labute approximate surface area is 247 Å². The van der Waals surface area contributed by atoms with Gasteiger partial charge in [-0.15, -0.1) is 0 Å². The van der Waals surface area contributed by atoms with Crippen molar-refractivity contribution >= 4 is 17.5 Å². The van der Waals surface area contributed by atoms with E-state index in [-0.39, 0.29) is 11.7 Å². The zero-order chi connectivity index (χ0) is 28.8. The maximum atomic E-state index is 13.5. The smallest absolute Gasteiger partial charge is 0.220 e. The maximum absolute atomic E-state index is 13.5. The van der Waals surface area contributed by atoms with Crippen LogP contribution < -0.4 is 14.8 Å². The van der Waals surface area contributed by atoms with Gasteiger partial charge < -0.3 is 14.8 Å². The summed E-state index contributed by atoms with van der Waals surface area (Å²) in [4.78, 5) is 18.0. The van der Waals surface area contributed by atoms with E-state index in [1.54, 1.807) is 20.3 Å². The number of hydrogen-bond acceptors (Lipinski definition) is 5. The third-order valence-corrected chi connectivity index (χ3v) is 8.69. The second kappa shape index (κ2) is 13.7. The molecule has 6 nitrogen and oxygen atoms in total. The number of methoxy groups -OCH3 is 2. The van der Waals surface area contributed by atoms with Crippen LogP contribution in [0.25, 0.3) is 0 Å². The SMILES string of the molecule is COc1cc2c(cc1OC)CN([C@@H]1CCN(Cc3ccc(Cl)cc3)C[C@@H]1CCC(=O)NCc1cccc(F)c1)CC2. The van der Waals surface area contributed by atoms with Crippen LogP contribution in [0.4, 0.5) is 4.39 Å². The summed E-state index contributed by atoms with van der Waals surface area (Å²) in [5, 5.41) is 3.73. The molecular weight excluding hydrogens is 541 g/mol. The van der Waals surface area contributed by atoms with Gasteiger partial charge in [0.1, 0.15) is 5.82 Å². The minimum absolute atomic E-state index is 0.00339. The molecule has 1 fully saturated rings. The standard InChI is InChI=1S/C33H39ClFN3O3/c1-40-31-17-25-12-15-38(22-27(25)18-32(31)41-2)30-13-14-37(20-23-6-9-28(34)10-7-23)21-26(30)8-11-33(39)36-19-24-4-3-5-29(35)16-24/h3-7,9-10,16-18,26,30H,8,11-15,19-22H2,1-2H3,(H,36,39)/t26-,30+/m0/s1. The molecule has 2 aliphatic rings. The molecule has 8 heteroatoms. The third-order valence-electron chi connectivity index (χ3n) is 8.43. The number of carbonyl (C=O) groups excluding carboxylic acids is 1. The summed E-state index contributed by atoms with van der Waals surface area (Å²) >= 11 is 6.11. The summed E-state index contributed by atoms with van der Waals surface area (Å²) in [7, 11) is 3.35. The van der Waals surface area contributed by atoms with Gasteiger partial charge in [-0.3, -0.25) is 14.6 Å². The third kappa shape index (κ3) is 7.59. The summed E-state index contributed by atoms with van der Waals surface area (Å²) < 4.78 is 24.7. The van der Waals surface area contributed by atoms with Crippen molar-refractivity contribution in [2.24, 2.45) is 5.92 Å². The predicted molar refractivity (Wildman–Crippen MR) is 160 cm³/mol. The summed E-state index contributed by atoms with van der Waals surface area (Å²) in [5.41, 5.74) is 4.60. The molecule has 0 aliphatic carbocycles. The van der Waals surface area contributed by atoms with Crippen LogP contribution >= 0.6 is 11.6 Å². The topological polar surface area (TPSA) is 54.0 Å².